The Labute approximate surface area is 135 Å². The summed E-state index contributed by atoms with van der Waals surface area (Å²) >= 11 is 0. The third kappa shape index (κ3) is 2.75. The number of aromatic carboxylic acids is 1. The molecule has 0 aliphatic rings. The lowest BCUT2D eigenvalue weighted by atomic mass is 10.0. The van der Waals surface area contributed by atoms with Crippen molar-refractivity contribution in [2.45, 2.75) is 20.8 Å². The molecular weight excluding hydrogens is 288 g/mol. The molecule has 1 aromatic heterocycles. The molecule has 0 bridgehead atoms. The summed E-state index contributed by atoms with van der Waals surface area (Å²) < 4.78 is 1.88. The van der Waals surface area contributed by atoms with E-state index in [0.29, 0.717) is 5.82 Å². The Bertz CT molecular complexity index is 857. The van der Waals surface area contributed by atoms with Crippen molar-refractivity contribution in [2.75, 3.05) is 0 Å². The molecule has 4 nitrogen and oxygen atoms in total. The third-order valence-corrected chi connectivity index (χ3v) is 3.83. The molecular formula is C19H18N2O2. The van der Waals surface area contributed by atoms with E-state index in [1.165, 1.54) is 5.56 Å². The van der Waals surface area contributed by atoms with Crippen LogP contribution in [0.3, 0.4) is 0 Å². The van der Waals surface area contributed by atoms with Gasteiger partial charge in [0, 0.05) is 11.8 Å². The zero-order chi connectivity index (χ0) is 16.6. The number of carbonyl (C=O) groups is 1. The van der Waals surface area contributed by atoms with Gasteiger partial charge in [-0.05, 0) is 31.9 Å². The van der Waals surface area contributed by atoms with Crippen molar-refractivity contribution in [3.8, 4) is 17.1 Å². The molecule has 0 radical (unpaired) electrons. The van der Waals surface area contributed by atoms with Gasteiger partial charge >= 0.3 is 5.97 Å². The highest BCUT2D eigenvalue weighted by Crippen LogP contribution is 2.28. The van der Waals surface area contributed by atoms with Gasteiger partial charge in [-0.25, -0.2) is 9.78 Å². The Kier molecular flexibility index (Phi) is 3.74. The van der Waals surface area contributed by atoms with Crippen LogP contribution in [0.2, 0.25) is 0 Å². The second-order valence-corrected chi connectivity index (χ2v) is 5.74. The summed E-state index contributed by atoms with van der Waals surface area (Å²) in [5.41, 5.74) is 5.28. The lowest BCUT2D eigenvalue weighted by molar-refractivity contribution is 0.0691. The van der Waals surface area contributed by atoms with Gasteiger partial charge in [0.2, 0.25) is 0 Å². The summed E-state index contributed by atoms with van der Waals surface area (Å²) in [6, 6.07) is 13.8. The highest BCUT2D eigenvalue weighted by molar-refractivity contribution is 5.86. The minimum atomic E-state index is -1.02. The molecule has 0 amide bonds. The van der Waals surface area contributed by atoms with Crippen LogP contribution < -0.4 is 0 Å². The fraction of sp³-hybridized carbons (Fsp3) is 0.158. The van der Waals surface area contributed by atoms with E-state index in [9.17, 15) is 9.90 Å². The average molecular weight is 306 g/mol. The molecule has 0 aliphatic heterocycles. The van der Waals surface area contributed by atoms with Crippen molar-refractivity contribution in [2.24, 2.45) is 0 Å². The SMILES string of the molecule is Cc1cc(C)c(-n2cc(C(=O)O)nc2-c2ccccc2)c(C)c1. The van der Waals surface area contributed by atoms with Gasteiger partial charge in [-0.2, -0.15) is 0 Å². The molecule has 0 spiro atoms. The van der Waals surface area contributed by atoms with Crippen LogP contribution in [0.5, 0.6) is 0 Å². The number of aryl methyl sites for hydroxylation is 3. The maximum Gasteiger partial charge on any atom is 0.356 e. The first kappa shape index (κ1) is 15.0. The van der Waals surface area contributed by atoms with Crippen LogP contribution in [0.1, 0.15) is 27.2 Å². The van der Waals surface area contributed by atoms with Crippen LogP contribution in [0, 0.1) is 20.8 Å². The van der Waals surface area contributed by atoms with Crippen molar-refractivity contribution < 1.29 is 9.90 Å². The lowest BCUT2D eigenvalue weighted by Crippen LogP contribution is -2.02. The molecule has 1 heterocycles. The average Bonchev–Trinajstić information content (AvgIpc) is 2.92. The fourth-order valence-electron chi connectivity index (χ4n) is 3.00. The predicted octanol–water partition coefficient (Wildman–Crippen LogP) is 4.16. The number of nitrogens with zero attached hydrogens (tertiary/aromatic N) is 2. The van der Waals surface area contributed by atoms with E-state index >= 15 is 0 Å². The molecule has 1 N–H and O–H groups in total. The van der Waals surface area contributed by atoms with Crippen LogP contribution in [0.15, 0.2) is 48.7 Å². The van der Waals surface area contributed by atoms with Crippen molar-refractivity contribution in [3.63, 3.8) is 0 Å². The monoisotopic (exact) mass is 306 g/mol. The third-order valence-electron chi connectivity index (χ3n) is 3.83. The zero-order valence-electron chi connectivity index (χ0n) is 13.4. The van der Waals surface area contributed by atoms with Gasteiger partial charge in [-0.15, -0.1) is 0 Å². The molecule has 0 aliphatic carbocycles. The predicted molar refractivity (Wildman–Crippen MR) is 90.2 cm³/mol. The molecule has 0 atom stereocenters. The summed E-state index contributed by atoms with van der Waals surface area (Å²) in [7, 11) is 0. The molecule has 0 unspecified atom stereocenters. The van der Waals surface area contributed by atoms with Gasteiger partial charge in [0.25, 0.3) is 0 Å². The molecule has 2 aromatic carbocycles. The summed E-state index contributed by atoms with van der Waals surface area (Å²) in [4.78, 5) is 15.7. The summed E-state index contributed by atoms with van der Waals surface area (Å²) in [6.45, 7) is 6.12. The standard InChI is InChI=1S/C19H18N2O2/c1-12-9-13(2)17(14(3)10-12)21-11-16(19(22)23)20-18(21)15-7-5-4-6-8-15/h4-11H,1-3H3,(H,22,23). The van der Waals surface area contributed by atoms with E-state index in [0.717, 1.165) is 22.4 Å². The summed E-state index contributed by atoms with van der Waals surface area (Å²) in [6.07, 6.45) is 1.59. The molecule has 3 rings (SSSR count). The van der Waals surface area contributed by atoms with Crippen LogP contribution >= 0.6 is 0 Å². The molecule has 4 heteroatoms. The topological polar surface area (TPSA) is 55.1 Å². The van der Waals surface area contributed by atoms with Crippen LogP contribution in [-0.4, -0.2) is 20.6 Å². The first-order valence-electron chi connectivity index (χ1n) is 7.43. The first-order chi connectivity index (χ1) is 11.0. The molecule has 0 fully saturated rings. The Morgan fingerprint density at radius 2 is 1.65 bits per heavy atom. The molecule has 0 saturated carbocycles. The number of rotatable bonds is 3. The number of carboxylic acid groups (broad SMARTS) is 1. The minimum absolute atomic E-state index is 0.0447. The van der Waals surface area contributed by atoms with E-state index in [-0.39, 0.29) is 5.69 Å². The van der Waals surface area contributed by atoms with Gasteiger partial charge < -0.3 is 5.11 Å². The molecule has 116 valence electrons. The second kappa shape index (κ2) is 5.72. The number of hydrogen-bond acceptors (Lipinski definition) is 2. The quantitative estimate of drug-likeness (QED) is 0.790. The Balaban J connectivity index is 2.29. The highest BCUT2D eigenvalue weighted by Gasteiger charge is 2.18. The number of carboxylic acids is 1. The van der Waals surface area contributed by atoms with Gasteiger partial charge in [-0.3, -0.25) is 4.57 Å². The number of benzene rings is 2. The summed E-state index contributed by atoms with van der Waals surface area (Å²) in [5, 5.41) is 9.32. The van der Waals surface area contributed by atoms with E-state index in [4.69, 9.17) is 0 Å². The lowest BCUT2D eigenvalue weighted by Gasteiger charge is -2.15. The van der Waals surface area contributed by atoms with Gasteiger partial charge in [0.1, 0.15) is 5.82 Å². The van der Waals surface area contributed by atoms with Crippen LogP contribution in [-0.2, 0) is 0 Å². The highest BCUT2D eigenvalue weighted by atomic mass is 16.4. The molecule has 0 saturated heterocycles. The van der Waals surface area contributed by atoms with Crippen LogP contribution in [0.25, 0.3) is 17.1 Å². The van der Waals surface area contributed by atoms with Gasteiger partial charge in [0.15, 0.2) is 5.69 Å². The van der Waals surface area contributed by atoms with Crippen molar-refractivity contribution in [1.29, 1.82) is 0 Å². The first-order valence-corrected chi connectivity index (χ1v) is 7.43. The normalized spacial score (nSPS) is 10.7. The second-order valence-electron chi connectivity index (χ2n) is 5.74. The Hall–Kier alpha value is -2.88. The van der Waals surface area contributed by atoms with Crippen molar-refractivity contribution in [3.05, 3.63) is 71.0 Å². The van der Waals surface area contributed by atoms with Crippen molar-refractivity contribution >= 4 is 5.97 Å². The van der Waals surface area contributed by atoms with Crippen LogP contribution in [0.4, 0.5) is 0 Å². The minimum Gasteiger partial charge on any atom is -0.476 e. The number of hydrogen-bond donors (Lipinski definition) is 1. The number of aromatic nitrogens is 2. The largest absolute Gasteiger partial charge is 0.476 e. The Morgan fingerprint density at radius 1 is 1.04 bits per heavy atom. The van der Waals surface area contributed by atoms with Gasteiger partial charge in [-0.1, -0.05) is 48.0 Å². The van der Waals surface area contributed by atoms with Gasteiger partial charge in [0.05, 0.1) is 5.69 Å². The molecule has 3 aromatic rings. The van der Waals surface area contributed by atoms with E-state index in [2.05, 4.69) is 24.0 Å². The number of imidazole rings is 1. The maximum atomic E-state index is 11.4. The molecule has 23 heavy (non-hydrogen) atoms. The van der Waals surface area contributed by atoms with E-state index in [1.54, 1.807) is 6.20 Å². The Morgan fingerprint density at radius 3 is 2.22 bits per heavy atom. The summed E-state index contributed by atoms with van der Waals surface area (Å²) in [5.74, 6) is -0.388. The fourth-order valence-corrected chi connectivity index (χ4v) is 3.00. The van der Waals surface area contributed by atoms with Crippen molar-refractivity contribution in [1.82, 2.24) is 9.55 Å². The van der Waals surface area contributed by atoms with E-state index in [1.807, 2.05) is 48.7 Å². The maximum absolute atomic E-state index is 11.4. The zero-order valence-corrected chi connectivity index (χ0v) is 13.4. The smallest absolute Gasteiger partial charge is 0.356 e. The van der Waals surface area contributed by atoms with E-state index < -0.39 is 5.97 Å².